The number of anilines is 1. The molecule has 4 nitrogen and oxygen atoms in total. The summed E-state index contributed by atoms with van der Waals surface area (Å²) in [5, 5.41) is 0.426. The molecule has 0 aromatic carbocycles. The molecule has 14 heavy (non-hydrogen) atoms. The number of ether oxygens (including phenoxy) is 1. The van der Waals surface area contributed by atoms with Gasteiger partial charge in [0.25, 0.3) is 0 Å². The maximum atomic E-state index is 5.66. The van der Waals surface area contributed by atoms with Gasteiger partial charge in [0.2, 0.25) is 0 Å². The van der Waals surface area contributed by atoms with Crippen molar-refractivity contribution in [2.24, 2.45) is 0 Å². The Hall–Kier alpha value is -0.870. The third-order valence-electron chi connectivity index (χ3n) is 2.17. The highest BCUT2D eigenvalue weighted by molar-refractivity contribution is 6.29. The average molecular weight is 214 g/mol. The molecule has 0 radical (unpaired) electrons. The van der Waals surface area contributed by atoms with Crippen LogP contribution in [0, 0.1) is 0 Å². The summed E-state index contributed by atoms with van der Waals surface area (Å²) in [6.07, 6.45) is 3.51. The van der Waals surface area contributed by atoms with Crippen molar-refractivity contribution in [3.63, 3.8) is 0 Å². The normalized spacial score (nSPS) is 22.4. The molecule has 2 heterocycles. The molecule has 0 bridgehead atoms. The molecule has 5 heteroatoms. The Bertz CT molecular complexity index is 303. The molecule has 0 amide bonds. The van der Waals surface area contributed by atoms with Gasteiger partial charge < -0.3 is 9.64 Å². The molecule has 76 valence electrons. The second-order valence-corrected chi connectivity index (χ2v) is 3.71. The summed E-state index contributed by atoms with van der Waals surface area (Å²) in [6, 6.07) is 0. The lowest BCUT2D eigenvalue weighted by Gasteiger charge is -2.31. The zero-order valence-corrected chi connectivity index (χ0v) is 8.74. The molecule has 1 aliphatic rings. The van der Waals surface area contributed by atoms with Gasteiger partial charge in [0.1, 0.15) is 11.0 Å². The summed E-state index contributed by atoms with van der Waals surface area (Å²) >= 11 is 5.66. The molecule has 2 rings (SSSR count). The summed E-state index contributed by atoms with van der Waals surface area (Å²) in [5.74, 6) is 0.865. The number of rotatable bonds is 1. The summed E-state index contributed by atoms with van der Waals surface area (Å²) in [6.45, 7) is 4.51. The monoisotopic (exact) mass is 213 g/mol. The Morgan fingerprint density at radius 1 is 1.50 bits per heavy atom. The Morgan fingerprint density at radius 2 is 2.36 bits per heavy atom. The van der Waals surface area contributed by atoms with E-state index < -0.39 is 0 Å². The number of hydrogen-bond donors (Lipinski definition) is 0. The van der Waals surface area contributed by atoms with Crippen LogP contribution in [0.3, 0.4) is 0 Å². The van der Waals surface area contributed by atoms with Crippen LogP contribution < -0.4 is 4.90 Å². The van der Waals surface area contributed by atoms with E-state index >= 15 is 0 Å². The van der Waals surface area contributed by atoms with Crippen LogP contribution >= 0.6 is 11.6 Å². The van der Waals surface area contributed by atoms with Crippen molar-refractivity contribution >= 4 is 17.4 Å². The van der Waals surface area contributed by atoms with E-state index in [1.165, 1.54) is 0 Å². The quantitative estimate of drug-likeness (QED) is 0.706. The van der Waals surface area contributed by atoms with Crippen molar-refractivity contribution in [3.05, 3.63) is 17.5 Å². The fourth-order valence-corrected chi connectivity index (χ4v) is 1.59. The van der Waals surface area contributed by atoms with Gasteiger partial charge in [-0.2, -0.15) is 0 Å². The van der Waals surface area contributed by atoms with Gasteiger partial charge in [-0.25, -0.2) is 9.97 Å². The van der Waals surface area contributed by atoms with Crippen LogP contribution in [-0.4, -0.2) is 35.8 Å². The molecule has 0 spiro atoms. The molecule has 1 aromatic heterocycles. The van der Waals surface area contributed by atoms with Gasteiger partial charge >= 0.3 is 0 Å². The van der Waals surface area contributed by atoms with Crippen molar-refractivity contribution in [2.75, 3.05) is 24.6 Å². The standard InChI is InChI=1S/C9H12ClN3O/c1-7-6-13(2-3-14-7)9-5-11-8(10)4-12-9/h4-5,7H,2-3,6H2,1H3. The molecule has 0 N–H and O–H groups in total. The van der Waals surface area contributed by atoms with E-state index in [-0.39, 0.29) is 6.10 Å². The SMILES string of the molecule is CC1CN(c2cnc(Cl)cn2)CCO1. The summed E-state index contributed by atoms with van der Waals surface area (Å²) < 4.78 is 5.44. The Morgan fingerprint density at radius 3 is 3.00 bits per heavy atom. The maximum absolute atomic E-state index is 5.66. The molecule has 1 atom stereocenters. The molecular formula is C9H12ClN3O. The van der Waals surface area contributed by atoms with Gasteiger partial charge in [0.15, 0.2) is 0 Å². The van der Waals surface area contributed by atoms with Crippen LogP contribution in [0.15, 0.2) is 12.4 Å². The van der Waals surface area contributed by atoms with Gasteiger partial charge in [-0.3, -0.25) is 0 Å². The third-order valence-corrected chi connectivity index (χ3v) is 2.37. The highest BCUT2D eigenvalue weighted by Crippen LogP contribution is 2.14. The lowest BCUT2D eigenvalue weighted by atomic mass is 10.3. The second kappa shape index (κ2) is 4.11. The largest absolute Gasteiger partial charge is 0.375 e. The van der Waals surface area contributed by atoms with Crippen molar-refractivity contribution in [2.45, 2.75) is 13.0 Å². The van der Waals surface area contributed by atoms with Crippen molar-refractivity contribution in [1.82, 2.24) is 9.97 Å². The minimum Gasteiger partial charge on any atom is -0.375 e. The first-order valence-corrected chi connectivity index (χ1v) is 4.97. The van der Waals surface area contributed by atoms with Crippen LogP contribution in [0.5, 0.6) is 0 Å². The number of hydrogen-bond acceptors (Lipinski definition) is 4. The fraction of sp³-hybridized carbons (Fsp3) is 0.556. The van der Waals surface area contributed by atoms with Gasteiger partial charge in [0.05, 0.1) is 25.1 Å². The Kier molecular flexibility index (Phi) is 2.84. The lowest BCUT2D eigenvalue weighted by Crippen LogP contribution is -2.41. The Balaban J connectivity index is 2.10. The highest BCUT2D eigenvalue weighted by Gasteiger charge is 2.17. The predicted molar refractivity (Wildman–Crippen MR) is 54.7 cm³/mol. The molecule has 0 aliphatic carbocycles. The molecule has 1 aromatic rings. The van der Waals surface area contributed by atoms with Crippen LogP contribution in [0.1, 0.15) is 6.92 Å². The first kappa shape index (κ1) is 9.68. The first-order valence-electron chi connectivity index (χ1n) is 4.60. The second-order valence-electron chi connectivity index (χ2n) is 3.32. The first-order chi connectivity index (χ1) is 6.75. The fourth-order valence-electron chi connectivity index (χ4n) is 1.50. The highest BCUT2D eigenvalue weighted by atomic mass is 35.5. The van der Waals surface area contributed by atoms with E-state index in [4.69, 9.17) is 16.3 Å². The Labute approximate surface area is 87.9 Å². The van der Waals surface area contributed by atoms with Gasteiger partial charge in [-0.05, 0) is 6.92 Å². The summed E-state index contributed by atoms with van der Waals surface area (Å²) in [7, 11) is 0. The predicted octanol–water partition coefficient (Wildman–Crippen LogP) is 1.36. The van der Waals surface area contributed by atoms with Crippen LogP contribution in [0.2, 0.25) is 5.15 Å². The summed E-state index contributed by atoms with van der Waals surface area (Å²) in [5.41, 5.74) is 0. The van der Waals surface area contributed by atoms with Crippen molar-refractivity contribution in [3.8, 4) is 0 Å². The van der Waals surface area contributed by atoms with E-state index in [0.717, 1.165) is 25.5 Å². The van der Waals surface area contributed by atoms with Crippen LogP contribution in [-0.2, 0) is 4.74 Å². The number of aromatic nitrogens is 2. The van der Waals surface area contributed by atoms with Gasteiger partial charge in [-0.15, -0.1) is 0 Å². The van der Waals surface area contributed by atoms with Crippen molar-refractivity contribution < 1.29 is 4.74 Å². The van der Waals surface area contributed by atoms with Gasteiger partial charge in [0, 0.05) is 13.1 Å². The lowest BCUT2D eigenvalue weighted by molar-refractivity contribution is 0.0529. The third kappa shape index (κ3) is 2.13. The van der Waals surface area contributed by atoms with Crippen molar-refractivity contribution in [1.29, 1.82) is 0 Å². The van der Waals surface area contributed by atoms with Gasteiger partial charge in [-0.1, -0.05) is 11.6 Å². The average Bonchev–Trinajstić information content (AvgIpc) is 2.19. The zero-order valence-electron chi connectivity index (χ0n) is 7.98. The molecule has 1 aliphatic heterocycles. The zero-order chi connectivity index (χ0) is 9.97. The molecule has 1 fully saturated rings. The van der Waals surface area contributed by atoms with Crippen LogP contribution in [0.25, 0.3) is 0 Å². The maximum Gasteiger partial charge on any atom is 0.147 e. The van der Waals surface area contributed by atoms with E-state index in [9.17, 15) is 0 Å². The van der Waals surface area contributed by atoms with E-state index in [1.54, 1.807) is 12.4 Å². The van der Waals surface area contributed by atoms with Crippen LogP contribution in [0.4, 0.5) is 5.82 Å². The minimum atomic E-state index is 0.251. The summed E-state index contributed by atoms with van der Waals surface area (Å²) in [4.78, 5) is 10.4. The molecule has 1 saturated heterocycles. The molecular weight excluding hydrogens is 202 g/mol. The van der Waals surface area contributed by atoms with E-state index in [1.807, 2.05) is 0 Å². The van der Waals surface area contributed by atoms with E-state index in [2.05, 4.69) is 21.8 Å². The van der Waals surface area contributed by atoms with E-state index in [0.29, 0.717) is 5.15 Å². The molecule has 1 unspecified atom stereocenters. The topological polar surface area (TPSA) is 38.2 Å². The number of halogens is 1. The molecule has 0 saturated carbocycles. The smallest absolute Gasteiger partial charge is 0.147 e. The number of nitrogens with zero attached hydrogens (tertiary/aromatic N) is 3. The number of morpholine rings is 1. The minimum absolute atomic E-state index is 0.251.